The maximum absolute atomic E-state index is 12.2. The fourth-order valence-electron chi connectivity index (χ4n) is 2.52. The van der Waals surface area contributed by atoms with Crippen molar-refractivity contribution in [2.45, 2.75) is 53.5 Å². The van der Waals surface area contributed by atoms with Gasteiger partial charge in [0.25, 0.3) is 0 Å². The van der Waals surface area contributed by atoms with Crippen LogP contribution < -0.4 is 10.1 Å². The van der Waals surface area contributed by atoms with Crippen molar-refractivity contribution in [1.29, 1.82) is 0 Å². The van der Waals surface area contributed by atoms with Gasteiger partial charge in [0.1, 0.15) is 11.6 Å². The second kappa shape index (κ2) is 7.07. The summed E-state index contributed by atoms with van der Waals surface area (Å²) in [5.41, 5.74) is 2.97. The van der Waals surface area contributed by atoms with Crippen LogP contribution in [0.3, 0.4) is 0 Å². The van der Waals surface area contributed by atoms with Gasteiger partial charge in [0.15, 0.2) is 0 Å². The Morgan fingerprint density at radius 3 is 2.54 bits per heavy atom. The van der Waals surface area contributed by atoms with Crippen LogP contribution in [0.15, 0.2) is 24.3 Å². The summed E-state index contributed by atoms with van der Waals surface area (Å²) in [6, 6.07) is 7.90. The third-order valence-corrected chi connectivity index (χ3v) is 3.65. The number of nitrogens with one attached hydrogen (secondary N) is 1. The number of anilines is 1. The van der Waals surface area contributed by atoms with E-state index in [1.54, 1.807) is 0 Å². The molecule has 0 saturated carbocycles. The fraction of sp³-hybridized carbons (Fsp3) is 0.474. The first-order chi connectivity index (χ1) is 11.2. The molecule has 0 atom stereocenters. The van der Waals surface area contributed by atoms with Crippen LogP contribution >= 0.6 is 0 Å². The van der Waals surface area contributed by atoms with Crippen LogP contribution in [0, 0.1) is 20.8 Å². The van der Waals surface area contributed by atoms with Crippen molar-refractivity contribution >= 4 is 11.7 Å². The van der Waals surface area contributed by atoms with Crippen molar-refractivity contribution < 1.29 is 9.53 Å². The molecule has 130 valence electrons. The lowest BCUT2D eigenvalue weighted by Gasteiger charge is -2.22. The van der Waals surface area contributed by atoms with Crippen LogP contribution in [0.25, 0.3) is 0 Å². The van der Waals surface area contributed by atoms with E-state index in [1.807, 2.05) is 43.7 Å². The third-order valence-electron chi connectivity index (χ3n) is 3.65. The van der Waals surface area contributed by atoms with Crippen LogP contribution in [-0.4, -0.2) is 22.3 Å². The van der Waals surface area contributed by atoms with E-state index in [1.165, 1.54) is 5.56 Å². The standard InChI is InChI=1S/C19H27N3O2/c1-13-7-8-16(14(2)11-13)24-10-9-18(23)20-17-12-15(3)21-22(17)19(4,5)6/h7-8,11-12H,9-10H2,1-6H3,(H,20,23). The molecule has 1 heterocycles. The lowest BCUT2D eigenvalue weighted by Crippen LogP contribution is -2.27. The maximum Gasteiger partial charge on any atom is 0.228 e. The molecule has 0 unspecified atom stereocenters. The molecule has 0 saturated heterocycles. The van der Waals surface area contributed by atoms with Crippen LogP contribution in [0.1, 0.15) is 44.0 Å². The number of carbonyl (C=O) groups excluding carboxylic acids is 1. The molecule has 1 aromatic carbocycles. The predicted octanol–water partition coefficient (Wildman–Crippen LogP) is 3.97. The molecule has 0 aliphatic carbocycles. The Bertz CT molecular complexity index is 727. The zero-order valence-corrected chi connectivity index (χ0v) is 15.4. The SMILES string of the molecule is Cc1ccc(OCCC(=O)Nc2cc(C)nn2C(C)(C)C)c(C)c1. The lowest BCUT2D eigenvalue weighted by molar-refractivity contribution is -0.116. The normalized spacial score (nSPS) is 11.4. The Balaban J connectivity index is 1.92. The zero-order valence-electron chi connectivity index (χ0n) is 15.4. The fourth-order valence-corrected chi connectivity index (χ4v) is 2.52. The molecule has 1 aromatic heterocycles. The Labute approximate surface area is 144 Å². The van der Waals surface area contributed by atoms with E-state index >= 15 is 0 Å². The predicted molar refractivity (Wildman–Crippen MR) is 96.6 cm³/mol. The van der Waals surface area contributed by atoms with Gasteiger partial charge in [0, 0.05) is 6.07 Å². The first-order valence-corrected chi connectivity index (χ1v) is 8.24. The van der Waals surface area contributed by atoms with Gasteiger partial charge in [-0.05, 0) is 53.2 Å². The smallest absolute Gasteiger partial charge is 0.228 e. The molecule has 1 N–H and O–H groups in total. The first-order valence-electron chi connectivity index (χ1n) is 8.24. The summed E-state index contributed by atoms with van der Waals surface area (Å²) in [6.45, 7) is 12.5. The molecule has 5 nitrogen and oxygen atoms in total. The van der Waals surface area contributed by atoms with Gasteiger partial charge in [-0.3, -0.25) is 4.79 Å². The van der Waals surface area contributed by atoms with Gasteiger partial charge in [0.2, 0.25) is 5.91 Å². The summed E-state index contributed by atoms with van der Waals surface area (Å²) in [4.78, 5) is 12.2. The van der Waals surface area contributed by atoms with E-state index in [9.17, 15) is 4.79 Å². The molecule has 0 aliphatic heterocycles. The molecule has 1 amide bonds. The van der Waals surface area contributed by atoms with E-state index < -0.39 is 0 Å². The summed E-state index contributed by atoms with van der Waals surface area (Å²) in [6.07, 6.45) is 0.293. The molecule has 24 heavy (non-hydrogen) atoms. The van der Waals surface area contributed by atoms with Gasteiger partial charge < -0.3 is 10.1 Å². The van der Waals surface area contributed by atoms with E-state index in [0.29, 0.717) is 13.0 Å². The van der Waals surface area contributed by atoms with Gasteiger partial charge in [-0.1, -0.05) is 17.7 Å². The maximum atomic E-state index is 12.2. The molecule has 0 fully saturated rings. The van der Waals surface area contributed by atoms with Crippen molar-refractivity contribution in [2.24, 2.45) is 0 Å². The molecular formula is C19H27N3O2. The van der Waals surface area contributed by atoms with E-state index in [0.717, 1.165) is 22.8 Å². The van der Waals surface area contributed by atoms with Crippen molar-refractivity contribution in [3.05, 3.63) is 41.1 Å². The molecule has 2 rings (SSSR count). The van der Waals surface area contributed by atoms with Crippen molar-refractivity contribution in [1.82, 2.24) is 9.78 Å². The summed E-state index contributed by atoms with van der Waals surface area (Å²) < 4.78 is 7.56. The van der Waals surface area contributed by atoms with Gasteiger partial charge in [0.05, 0.1) is 24.3 Å². The second-order valence-electron chi connectivity index (χ2n) is 7.17. The molecule has 0 aliphatic rings. The Kier molecular flexibility index (Phi) is 5.32. The minimum atomic E-state index is -0.188. The van der Waals surface area contributed by atoms with Gasteiger partial charge >= 0.3 is 0 Å². The number of aryl methyl sites for hydroxylation is 3. The number of amides is 1. The Morgan fingerprint density at radius 1 is 1.21 bits per heavy atom. The van der Waals surface area contributed by atoms with Crippen LogP contribution in [0.5, 0.6) is 5.75 Å². The quantitative estimate of drug-likeness (QED) is 0.903. The van der Waals surface area contributed by atoms with Crippen molar-refractivity contribution in [3.63, 3.8) is 0 Å². The van der Waals surface area contributed by atoms with Crippen LogP contribution in [0.4, 0.5) is 5.82 Å². The van der Waals surface area contributed by atoms with Gasteiger partial charge in [-0.15, -0.1) is 0 Å². The molecule has 0 bridgehead atoms. The van der Waals surface area contributed by atoms with E-state index in [4.69, 9.17) is 4.74 Å². The second-order valence-corrected chi connectivity index (χ2v) is 7.17. The summed E-state index contributed by atoms with van der Waals surface area (Å²) in [7, 11) is 0. The van der Waals surface area contributed by atoms with Crippen LogP contribution in [-0.2, 0) is 10.3 Å². The number of ether oxygens (including phenoxy) is 1. The summed E-state index contributed by atoms with van der Waals surface area (Å²) >= 11 is 0. The molecule has 5 heteroatoms. The number of benzene rings is 1. The minimum absolute atomic E-state index is 0.0786. The van der Waals surface area contributed by atoms with Crippen molar-refractivity contribution in [3.8, 4) is 5.75 Å². The van der Waals surface area contributed by atoms with Crippen molar-refractivity contribution in [2.75, 3.05) is 11.9 Å². The van der Waals surface area contributed by atoms with Crippen LogP contribution in [0.2, 0.25) is 0 Å². The van der Waals surface area contributed by atoms with Gasteiger partial charge in [-0.25, -0.2) is 4.68 Å². The lowest BCUT2D eigenvalue weighted by atomic mass is 10.1. The highest BCUT2D eigenvalue weighted by atomic mass is 16.5. The first kappa shape index (κ1) is 18.0. The highest BCUT2D eigenvalue weighted by Gasteiger charge is 2.19. The molecule has 0 radical (unpaired) electrons. The number of aromatic nitrogens is 2. The molecule has 2 aromatic rings. The highest BCUT2D eigenvalue weighted by molar-refractivity contribution is 5.90. The summed E-state index contributed by atoms with van der Waals surface area (Å²) in [5, 5.41) is 7.38. The highest BCUT2D eigenvalue weighted by Crippen LogP contribution is 2.22. The number of carbonyl (C=O) groups is 1. The number of nitrogens with zero attached hydrogens (tertiary/aromatic N) is 2. The van der Waals surface area contributed by atoms with E-state index in [-0.39, 0.29) is 11.4 Å². The number of rotatable bonds is 5. The monoisotopic (exact) mass is 329 g/mol. The third kappa shape index (κ3) is 4.60. The average Bonchev–Trinajstić information content (AvgIpc) is 2.82. The minimum Gasteiger partial charge on any atom is -0.493 e. The van der Waals surface area contributed by atoms with Gasteiger partial charge in [-0.2, -0.15) is 5.10 Å². The Morgan fingerprint density at radius 2 is 1.92 bits per heavy atom. The summed E-state index contributed by atoms with van der Waals surface area (Å²) in [5.74, 6) is 1.46. The average molecular weight is 329 g/mol. The molecule has 0 spiro atoms. The van der Waals surface area contributed by atoms with E-state index in [2.05, 4.69) is 37.3 Å². The number of hydrogen-bond acceptors (Lipinski definition) is 3. The largest absolute Gasteiger partial charge is 0.493 e. The molecular weight excluding hydrogens is 302 g/mol. The number of hydrogen-bond donors (Lipinski definition) is 1. The Hall–Kier alpha value is -2.30. The zero-order chi connectivity index (χ0) is 17.9. The topological polar surface area (TPSA) is 56.1 Å².